The summed E-state index contributed by atoms with van der Waals surface area (Å²) in [6, 6.07) is 25.3. The summed E-state index contributed by atoms with van der Waals surface area (Å²) in [5.74, 6) is 0.368. The molecule has 2 N–H and O–H groups in total. The minimum absolute atomic E-state index is 0.0731. The third-order valence-corrected chi connectivity index (χ3v) is 10.7. The second kappa shape index (κ2) is 9.00. The van der Waals surface area contributed by atoms with Gasteiger partial charge in [0.05, 0.1) is 12.3 Å². The molecule has 32 heavy (non-hydrogen) atoms. The van der Waals surface area contributed by atoms with Gasteiger partial charge in [-0.25, -0.2) is 0 Å². The molecule has 3 rings (SSSR count). The Hall–Kier alpha value is -2.15. The lowest BCUT2D eigenvalue weighted by atomic mass is 9.80. The van der Waals surface area contributed by atoms with Gasteiger partial charge in [-0.1, -0.05) is 84.0 Å². The van der Waals surface area contributed by atoms with E-state index in [1.165, 1.54) is 16.2 Å². The first-order valence-electron chi connectivity index (χ1n) is 11.4. The maximum atomic E-state index is 11.8. The van der Waals surface area contributed by atoms with Crippen LogP contribution in [0.3, 0.4) is 0 Å². The third-order valence-electron chi connectivity index (χ3n) is 6.11. The number of benzene rings is 3. The standard InChI is InChI=1S/C29H37O2P/c1-21(30)20-32(23-14-10-8-11-15-23,24-16-12-9-13-17-24)26-19-22(28(2,3)4)18-25(27(26)31)29(5,6)7/h8-19,21,30H,20H2,1-7H3/p+1. The summed E-state index contributed by atoms with van der Waals surface area (Å²) in [4.78, 5) is 0. The van der Waals surface area contributed by atoms with E-state index in [4.69, 9.17) is 0 Å². The zero-order chi connectivity index (χ0) is 23.7. The molecule has 0 aliphatic heterocycles. The molecular formula is C29H38O2P+. The molecule has 0 aromatic heterocycles. The maximum Gasteiger partial charge on any atom is 0.162 e. The van der Waals surface area contributed by atoms with Crippen molar-refractivity contribution in [2.45, 2.75) is 65.4 Å². The molecule has 3 heteroatoms. The molecule has 0 spiro atoms. The van der Waals surface area contributed by atoms with E-state index in [-0.39, 0.29) is 10.8 Å². The summed E-state index contributed by atoms with van der Waals surface area (Å²) in [6.45, 7) is 15.0. The minimum Gasteiger partial charge on any atom is -0.504 e. The first-order valence-corrected chi connectivity index (χ1v) is 13.4. The van der Waals surface area contributed by atoms with E-state index >= 15 is 0 Å². The van der Waals surface area contributed by atoms with Gasteiger partial charge in [0.2, 0.25) is 0 Å². The second-order valence-corrected chi connectivity index (χ2v) is 14.4. The van der Waals surface area contributed by atoms with E-state index in [9.17, 15) is 10.2 Å². The quantitative estimate of drug-likeness (QED) is 0.493. The third kappa shape index (κ3) is 4.77. The molecule has 0 saturated carbocycles. The Morgan fingerprint density at radius 3 is 1.59 bits per heavy atom. The Bertz CT molecular complexity index is 1000. The fraction of sp³-hybridized carbons (Fsp3) is 0.379. The number of hydrogen-bond donors (Lipinski definition) is 2. The van der Waals surface area contributed by atoms with E-state index in [2.05, 4.69) is 102 Å². The Balaban J connectivity index is 2.53. The highest BCUT2D eigenvalue weighted by atomic mass is 31.2. The summed E-state index contributed by atoms with van der Waals surface area (Å²) in [5.41, 5.74) is 1.88. The molecule has 0 aliphatic carbocycles. The van der Waals surface area contributed by atoms with Gasteiger partial charge in [0.1, 0.15) is 23.2 Å². The minimum atomic E-state index is -2.34. The Labute approximate surface area is 194 Å². The van der Waals surface area contributed by atoms with Crippen molar-refractivity contribution in [1.82, 2.24) is 0 Å². The van der Waals surface area contributed by atoms with Crippen LogP contribution in [-0.4, -0.2) is 22.5 Å². The first-order chi connectivity index (χ1) is 14.9. The van der Waals surface area contributed by atoms with Gasteiger partial charge in [-0.15, -0.1) is 0 Å². The molecule has 170 valence electrons. The fourth-order valence-corrected chi connectivity index (χ4v) is 8.88. The molecule has 0 fully saturated rings. The van der Waals surface area contributed by atoms with Crippen molar-refractivity contribution in [1.29, 1.82) is 0 Å². The van der Waals surface area contributed by atoms with E-state index in [1.54, 1.807) is 0 Å². The summed E-state index contributed by atoms with van der Waals surface area (Å²) in [7, 11) is -2.34. The molecule has 3 aromatic rings. The molecular weight excluding hydrogens is 411 g/mol. The summed E-state index contributed by atoms with van der Waals surface area (Å²) in [6.07, 6.45) is 0.0608. The fourth-order valence-electron chi connectivity index (χ4n) is 4.41. The van der Waals surface area contributed by atoms with Gasteiger partial charge in [0.25, 0.3) is 0 Å². The van der Waals surface area contributed by atoms with Crippen LogP contribution in [0.2, 0.25) is 0 Å². The smallest absolute Gasteiger partial charge is 0.162 e. The van der Waals surface area contributed by atoms with Crippen LogP contribution < -0.4 is 15.9 Å². The molecule has 0 aliphatic rings. The lowest BCUT2D eigenvalue weighted by Crippen LogP contribution is -2.38. The monoisotopic (exact) mass is 449 g/mol. The van der Waals surface area contributed by atoms with E-state index < -0.39 is 13.4 Å². The highest BCUT2D eigenvalue weighted by Crippen LogP contribution is 2.58. The number of aliphatic hydroxyl groups excluding tert-OH is 1. The van der Waals surface area contributed by atoms with Crippen LogP contribution >= 0.6 is 7.26 Å². The lowest BCUT2D eigenvalue weighted by Gasteiger charge is -2.33. The predicted molar refractivity (Wildman–Crippen MR) is 141 cm³/mol. The van der Waals surface area contributed by atoms with Gasteiger partial charge in [-0.3, -0.25) is 0 Å². The summed E-state index contributed by atoms with van der Waals surface area (Å²) in [5, 5.41) is 25.9. The van der Waals surface area contributed by atoms with Crippen LogP contribution in [0.25, 0.3) is 0 Å². The van der Waals surface area contributed by atoms with Crippen molar-refractivity contribution < 1.29 is 10.2 Å². The van der Waals surface area contributed by atoms with Gasteiger partial charge in [-0.05, 0) is 53.6 Å². The van der Waals surface area contributed by atoms with Crippen LogP contribution in [-0.2, 0) is 10.8 Å². The Morgan fingerprint density at radius 2 is 1.22 bits per heavy atom. The van der Waals surface area contributed by atoms with E-state index in [0.29, 0.717) is 11.9 Å². The highest BCUT2D eigenvalue weighted by Gasteiger charge is 2.49. The predicted octanol–water partition coefficient (Wildman–Crippen LogP) is 5.66. The summed E-state index contributed by atoms with van der Waals surface area (Å²) < 4.78 is 0. The second-order valence-electron chi connectivity index (χ2n) is 10.9. The average molecular weight is 450 g/mol. The Kier molecular flexibility index (Phi) is 6.89. The van der Waals surface area contributed by atoms with Crippen molar-refractivity contribution in [3.8, 4) is 5.75 Å². The maximum absolute atomic E-state index is 11.8. The van der Waals surface area contributed by atoms with Crippen LogP contribution in [0, 0.1) is 0 Å². The van der Waals surface area contributed by atoms with Crippen molar-refractivity contribution in [2.24, 2.45) is 0 Å². The zero-order valence-electron chi connectivity index (χ0n) is 20.6. The molecule has 2 nitrogen and oxygen atoms in total. The van der Waals surface area contributed by atoms with Crippen LogP contribution in [0.1, 0.15) is 59.6 Å². The SMILES string of the molecule is CC(O)C[P+](c1ccccc1)(c1ccccc1)c1cc(C(C)(C)C)cc(C(C)(C)C)c1O. The van der Waals surface area contributed by atoms with Gasteiger partial charge < -0.3 is 10.2 Å². The number of phenolic OH excluding ortho intramolecular Hbond substituents is 1. The number of hydrogen-bond acceptors (Lipinski definition) is 2. The molecule has 0 amide bonds. The van der Waals surface area contributed by atoms with Crippen LogP contribution in [0.15, 0.2) is 72.8 Å². The zero-order valence-corrected chi connectivity index (χ0v) is 21.4. The van der Waals surface area contributed by atoms with E-state index in [1.807, 2.05) is 19.1 Å². The van der Waals surface area contributed by atoms with Gasteiger partial charge in [0, 0.05) is 5.56 Å². The molecule has 0 saturated heterocycles. The largest absolute Gasteiger partial charge is 0.504 e. The van der Waals surface area contributed by atoms with Crippen LogP contribution in [0.4, 0.5) is 0 Å². The number of aliphatic hydroxyl groups is 1. The molecule has 1 unspecified atom stereocenters. The molecule has 0 heterocycles. The number of phenols is 1. The molecule has 1 atom stereocenters. The van der Waals surface area contributed by atoms with Gasteiger partial charge in [0.15, 0.2) is 5.75 Å². The van der Waals surface area contributed by atoms with Crippen LogP contribution in [0.5, 0.6) is 5.75 Å². The van der Waals surface area contributed by atoms with Gasteiger partial charge >= 0.3 is 0 Å². The Morgan fingerprint density at radius 1 is 0.750 bits per heavy atom. The van der Waals surface area contributed by atoms with Crippen molar-refractivity contribution in [3.63, 3.8) is 0 Å². The number of rotatable bonds is 5. The van der Waals surface area contributed by atoms with Crippen molar-refractivity contribution in [2.75, 3.05) is 6.16 Å². The first kappa shape index (κ1) is 24.5. The van der Waals surface area contributed by atoms with Gasteiger partial charge in [-0.2, -0.15) is 0 Å². The average Bonchev–Trinajstić information content (AvgIpc) is 2.72. The summed E-state index contributed by atoms with van der Waals surface area (Å²) >= 11 is 0. The highest BCUT2D eigenvalue weighted by molar-refractivity contribution is 7.95. The number of aromatic hydroxyl groups is 1. The topological polar surface area (TPSA) is 40.5 Å². The van der Waals surface area contributed by atoms with E-state index in [0.717, 1.165) is 10.9 Å². The molecule has 0 radical (unpaired) electrons. The molecule has 3 aromatic carbocycles. The van der Waals surface area contributed by atoms with Crippen molar-refractivity contribution >= 4 is 23.2 Å². The molecule has 0 bridgehead atoms. The lowest BCUT2D eigenvalue weighted by molar-refractivity contribution is 0.219. The normalized spacial score (nSPS) is 13.8. The van der Waals surface area contributed by atoms with Crippen molar-refractivity contribution in [3.05, 3.63) is 83.9 Å².